The van der Waals surface area contributed by atoms with Gasteiger partial charge in [-0.15, -0.1) is 0 Å². The Morgan fingerprint density at radius 2 is 1.97 bits per heavy atom. The standard InChI is InChI=1S/C31H39N3/c1-20(2)19-34-14-8-9-23(6)30(21(3)4)31-28(25-12-13-25)16-26(17-29(31)33-7)27-15-24(18-32)11-10-22(27)5/h10-11,15-17,20,25,34H,3,6,8-9,12-14,19H2,1-2,4-5,7H3/b31-30+,33-29-. The topological polar surface area (TPSA) is 48.2 Å². The van der Waals surface area contributed by atoms with Crippen molar-refractivity contribution in [1.29, 1.82) is 5.26 Å². The maximum Gasteiger partial charge on any atom is 0.0991 e. The van der Waals surface area contributed by atoms with Gasteiger partial charge in [-0.3, -0.25) is 4.99 Å². The van der Waals surface area contributed by atoms with Gasteiger partial charge < -0.3 is 5.32 Å². The summed E-state index contributed by atoms with van der Waals surface area (Å²) in [5.74, 6) is 1.20. The lowest BCUT2D eigenvalue weighted by Gasteiger charge is -2.25. The van der Waals surface area contributed by atoms with E-state index in [-0.39, 0.29) is 0 Å². The highest BCUT2D eigenvalue weighted by atomic mass is 14.8. The zero-order chi connectivity index (χ0) is 24.8. The van der Waals surface area contributed by atoms with Crippen molar-refractivity contribution in [3.8, 4) is 6.07 Å². The number of aryl methyl sites for hydroxylation is 1. The first-order valence-corrected chi connectivity index (χ1v) is 12.5. The zero-order valence-corrected chi connectivity index (χ0v) is 21.6. The van der Waals surface area contributed by atoms with Gasteiger partial charge in [-0.05, 0) is 116 Å². The van der Waals surface area contributed by atoms with E-state index in [1.54, 1.807) is 0 Å². The molecule has 1 N–H and O–H groups in total. The van der Waals surface area contributed by atoms with E-state index in [0.717, 1.165) is 59.5 Å². The van der Waals surface area contributed by atoms with Gasteiger partial charge >= 0.3 is 0 Å². The van der Waals surface area contributed by atoms with Gasteiger partial charge in [0.25, 0.3) is 0 Å². The minimum Gasteiger partial charge on any atom is -0.316 e. The molecule has 0 heterocycles. The van der Waals surface area contributed by atoms with E-state index in [1.165, 1.54) is 29.6 Å². The van der Waals surface area contributed by atoms with Crippen LogP contribution in [0.5, 0.6) is 0 Å². The second-order valence-corrected chi connectivity index (χ2v) is 10.1. The molecule has 1 aromatic carbocycles. The predicted octanol–water partition coefficient (Wildman–Crippen LogP) is 7.13. The van der Waals surface area contributed by atoms with Crippen LogP contribution in [-0.4, -0.2) is 25.8 Å². The minimum atomic E-state index is 0.546. The summed E-state index contributed by atoms with van der Waals surface area (Å²) in [6, 6.07) is 8.19. The molecule has 0 radical (unpaired) electrons. The van der Waals surface area contributed by atoms with Crippen LogP contribution in [0, 0.1) is 30.1 Å². The molecule has 1 fully saturated rings. The van der Waals surface area contributed by atoms with E-state index in [4.69, 9.17) is 4.99 Å². The third-order valence-electron chi connectivity index (χ3n) is 6.50. The van der Waals surface area contributed by atoms with E-state index in [9.17, 15) is 5.26 Å². The number of aliphatic imine (C=N–C) groups is 1. The van der Waals surface area contributed by atoms with E-state index in [0.29, 0.717) is 17.4 Å². The molecule has 2 aliphatic rings. The SMILES string of the molecule is C=C(C)/C(C(=C)CCCNCC(C)C)=C1/C(C2CC2)=CC(c2cc(C#N)ccc2C)=C/C1=N/C. The van der Waals surface area contributed by atoms with Crippen molar-refractivity contribution in [2.75, 3.05) is 20.1 Å². The molecule has 0 spiro atoms. The third-order valence-corrected chi connectivity index (χ3v) is 6.50. The molecular formula is C31H39N3. The lowest BCUT2D eigenvalue weighted by molar-refractivity contribution is 0.543. The molecule has 0 atom stereocenters. The number of nitrogens with zero attached hydrogens (tertiary/aromatic N) is 2. The smallest absolute Gasteiger partial charge is 0.0991 e. The van der Waals surface area contributed by atoms with Crippen LogP contribution in [0.15, 0.2) is 76.4 Å². The first-order valence-electron chi connectivity index (χ1n) is 12.5. The van der Waals surface area contributed by atoms with Crippen LogP contribution >= 0.6 is 0 Å². The zero-order valence-electron chi connectivity index (χ0n) is 21.6. The summed E-state index contributed by atoms with van der Waals surface area (Å²) in [6.07, 6.45) is 8.89. The van der Waals surface area contributed by atoms with Crippen LogP contribution in [0.25, 0.3) is 5.57 Å². The average Bonchev–Trinajstić information content (AvgIpc) is 3.64. The summed E-state index contributed by atoms with van der Waals surface area (Å²) in [7, 11) is 1.87. The van der Waals surface area contributed by atoms with Gasteiger partial charge in [-0.2, -0.15) is 5.26 Å². The highest BCUT2D eigenvalue weighted by Crippen LogP contribution is 2.46. The van der Waals surface area contributed by atoms with Gasteiger partial charge in [0.2, 0.25) is 0 Å². The molecule has 0 aromatic heterocycles. The molecule has 1 saturated carbocycles. The summed E-state index contributed by atoms with van der Waals surface area (Å²) in [6.45, 7) is 19.5. The average molecular weight is 454 g/mol. The van der Waals surface area contributed by atoms with Crippen LogP contribution in [0.3, 0.4) is 0 Å². The number of nitriles is 1. The van der Waals surface area contributed by atoms with Gasteiger partial charge in [0.15, 0.2) is 0 Å². The van der Waals surface area contributed by atoms with Crippen LogP contribution in [0.2, 0.25) is 0 Å². The Hall–Kier alpha value is -2.96. The molecule has 0 amide bonds. The Labute approximate surface area is 206 Å². The highest BCUT2D eigenvalue weighted by molar-refractivity contribution is 6.19. The van der Waals surface area contributed by atoms with Crippen molar-refractivity contribution in [3.05, 3.63) is 88.1 Å². The maximum atomic E-state index is 9.43. The summed E-state index contributed by atoms with van der Waals surface area (Å²) >= 11 is 0. The van der Waals surface area contributed by atoms with E-state index < -0.39 is 0 Å². The molecule has 0 saturated heterocycles. The number of hydrogen-bond acceptors (Lipinski definition) is 3. The molecule has 34 heavy (non-hydrogen) atoms. The molecule has 3 rings (SSSR count). The van der Waals surface area contributed by atoms with Crippen molar-refractivity contribution in [2.45, 2.75) is 53.4 Å². The van der Waals surface area contributed by atoms with Gasteiger partial charge in [0.1, 0.15) is 0 Å². The highest BCUT2D eigenvalue weighted by Gasteiger charge is 2.34. The lowest BCUT2D eigenvalue weighted by Crippen LogP contribution is -2.21. The Morgan fingerprint density at radius 1 is 1.24 bits per heavy atom. The second-order valence-electron chi connectivity index (χ2n) is 10.1. The number of nitrogens with one attached hydrogen (secondary N) is 1. The number of allylic oxidation sites excluding steroid dienone is 8. The van der Waals surface area contributed by atoms with Gasteiger partial charge in [0, 0.05) is 12.6 Å². The minimum absolute atomic E-state index is 0.546. The molecule has 3 nitrogen and oxygen atoms in total. The third kappa shape index (κ3) is 6.13. The van der Waals surface area contributed by atoms with Crippen molar-refractivity contribution in [2.24, 2.45) is 16.8 Å². The summed E-state index contributed by atoms with van der Waals surface area (Å²) < 4.78 is 0. The van der Waals surface area contributed by atoms with Crippen LogP contribution in [0.1, 0.15) is 63.1 Å². The molecule has 1 aromatic rings. The van der Waals surface area contributed by atoms with E-state index >= 15 is 0 Å². The first-order chi connectivity index (χ1) is 16.3. The fraction of sp³-hybridized carbons (Fsp3) is 0.419. The predicted molar refractivity (Wildman–Crippen MR) is 146 cm³/mol. The fourth-order valence-corrected chi connectivity index (χ4v) is 4.61. The van der Waals surface area contributed by atoms with Crippen molar-refractivity contribution in [1.82, 2.24) is 5.32 Å². The summed E-state index contributed by atoms with van der Waals surface area (Å²) in [5, 5.41) is 13.0. The van der Waals surface area contributed by atoms with E-state index in [1.807, 2.05) is 25.2 Å². The summed E-state index contributed by atoms with van der Waals surface area (Å²) in [5.41, 5.74) is 11.0. The monoisotopic (exact) mass is 453 g/mol. The molecule has 0 aliphatic heterocycles. The van der Waals surface area contributed by atoms with Gasteiger partial charge in [-0.25, -0.2) is 0 Å². The second kappa shape index (κ2) is 11.4. The molecular weight excluding hydrogens is 414 g/mol. The van der Waals surface area contributed by atoms with Gasteiger partial charge in [0.05, 0.1) is 17.3 Å². The summed E-state index contributed by atoms with van der Waals surface area (Å²) in [4.78, 5) is 4.73. The largest absolute Gasteiger partial charge is 0.316 e. The Balaban J connectivity index is 2.00. The molecule has 0 unspecified atom stereocenters. The van der Waals surface area contributed by atoms with E-state index in [2.05, 4.69) is 64.4 Å². The molecule has 3 heteroatoms. The number of rotatable bonds is 10. The van der Waals surface area contributed by atoms with Crippen LogP contribution in [-0.2, 0) is 0 Å². The number of benzene rings is 1. The first kappa shape index (κ1) is 25.7. The Bertz CT molecular complexity index is 1130. The Kier molecular flexibility index (Phi) is 8.64. The van der Waals surface area contributed by atoms with Crippen molar-refractivity contribution >= 4 is 11.3 Å². The van der Waals surface area contributed by atoms with Crippen molar-refractivity contribution in [3.63, 3.8) is 0 Å². The van der Waals surface area contributed by atoms with Crippen LogP contribution in [0.4, 0.5) is 0 Å². The lowest BCUT2D eigenvalue weighted by atomic mass is 9.79. The Morgan fingerprint density at radius 3 is 2.56 bits per heavy atom. The maximum absolute atomic E-state index is 9.43. The fourth-order valence-electron chi connectivity index (χ4n) is 4.61. The van der Waals surface area contributed by atoms with Crippen molar-refractivity contribution < 1.29 is 0 Å². The van der Waals surface area contributed by atoms with Crippen LogP contribution < -0.4 is 5.32 Å². The number of hydrogen-bond donors (Lipinski definition) is 1. The molecule has 178 valence electrons. The van der Waals surface area contributed by atoms with Gasteiger partial charge in [-0.1, -0.05) is 44.7 Å². The molecule has 2 aliphatic carbocycles. The molecule has 0 bridgehead atoms. The normalized spacial score (nSPS) is 18.4. The quantitative estimate of drug-likeness (QED) is 0.383.